The molecule has 594 valence electrons. The Morgan fingerprint density at radius 3 is 0.943 bits per heavy atom. The highest BCUT2D eigenvalue weighted by Gasteiger charge is 2.30. The molecule has 105 heavy (non-hydrogen) atoms. The van der Waals surface area contributed by atoms with Crippen molar-refractivity contribution in [3.8, 4) is 0 Å². The molecule has 0 spiro atoms. The lowest BCUT2D eigenvalue weighted by atomic mass is 9.85. The first kappa shape index (κ1) is 92.2. The van der Waals surface area contributed by atoms with Crippen molar-refractivity contribution in [2.75, 3.05) is 237 Å². The van der Waals surface area contributed by atoms with Crippen LogP contribution in [0.2, 0.25) is 20.1 Å². The highest BCUT2D eigenvalue weighted by atomic mass is 35.5. The SMILES string of the molecule is CCOCCOCCOCCOCCC(=O)CCCOCCOCCOCCCS(=O)(=O)c1cccc(C2CN(C)Cc3c(Cl)cc(Cl)cc32)c1.CCOCCOCCOCCOCCOCCC(=O)CCCOCCOCCOCCCS(=O)(=O)c1cccc(C2CN(C)Cc3c(Cl)cc(Cl)cc32)c1. The van der Waals surface area contributed by atoms with Crippen LogP contribution in [-0.2, 0) is 113 Å². The first-order chi connectivity index (χ1) is 50.9. The summed E-state index contributed by atoms with van der Waals surface area (Å²) in [6.07, 6.45) is 3.69. The molecule has 23 nitrogen and oxygen atoms in total. The van der Waals surface area contributed by atoms with Crippen LogP contribution in [0.4, 0.5) is 0 Å². The second kappa shape index (κ2) is 55.9. The van der Waals surface area contributed by atoms with Gasteiger partial charge in [0.05, 0.1) is 180 Å². The molecule has 4 aromatic carbocycles. The Balaban J connectivity index is 0.000000378. The fraction of sp³-hybridized carbons (Fsp3) is 0.658. The number of carbonyl (C=O) groups excluding carboxylic acids is 2. The van der Waals surface area contributed by atoms with E-state index in [9.17, 15) is 26.4 Å². The normalized spacial score (nSPS) is 14.9. The van der Waals surface area contributed by atoms with Gasteiger partial charge < -0.3 is 80.9 Å². The first-order valence-corrected chi connectivity index (χ1v) is 41.4. The number of nitrogens with zero attached hydrogens (tertiary/aromatic N) is 2. The molecule has 0 aromatic heterocycles. The van der Waals surface area contributed by atoms with Gasteiger partial charge in [-0.1, -0.05) is 70.7 Å². The standard InChI is InChI=1S/C39H59Cl2NO11S.C37H55Cl2NO10S/c1-3-46-14-15-50-22-23-53-25-24-52-21-18-49-13-10-34(43)8-5-11-47-16-19-51-20-17-48-12-6-26-54(44,45)35-9-4-7-32(27-35)37-30-42(2)31-38-36(37)28-33(40)29-39(38)41;1-3-44-14-15-48-22-23-50-21-18-47-13-10-32(41)8-5-11-45-16-19-49-20-17-46-12-6-24-51(42,43)33-9-4-7-30(25-33)35-28-40(2)29-36-34(35)26-31(38)27-37(36)39/h4,7,9,27-29,37H,3,5-6,8,10-26,30-31H2,1-2H3;4,7,9,25-27,35H,3,5-6,8,10-24,28-29H2,1-2H3. The maximum atomic E-state index is 13.2. The topological polar surface area (TPSA) is 247 Å². The number of Topliss-reactive ketones (excluding diaryl/α,β-unsaturated/α-hetero) is 2. The van der Waals surface area contributed by atoms with E-state index in [-0.39, 0.29) is 34.9 Å². The number of benzene rings is 4. The number of ether oxygens (including phenoxy) is 15. The van der Waals surface area contributed by atoms with E-state index in [1.165, 1.54) is 0 Å². The molecule has 0 radical (unpaired) electrons. The van der Waals surface area contributed by atoms with Gasteiger partial charge in [-0.2, -0.15) is 0 Å². The molecule has 2 atom stereocenters. The summed E-state index contributed by atoms with van der Waals surface area (Å²) in [5.74, 6) is 0.179. The molecule has 2 heterocycles. The summed E-state index contributed by atoms with van der Waals surface area (Å²) in [6, 6.07) is 21.7. The molecule has 0 saturated carbocycles. The van der Waals surface area contributed by atoms with E-state index in [0.29, 0.717) is 293 Å². The predicted molar refractivity (Wildman–Crippen MR) is 407 cm³/mol. The van der Waals surface area contributed by atoms with Crippen LogP contribution in [0.3, 0.4) is 0 Å². The number of carbonyl (C=O) groups is 2. The number of rotatable bonds is 61. The highest BCUT2D eigenvalue weighted by molar-refractivity contribution is 7.91. The van der Waals surface area contributed by atoms with Crippen molar-refractivity contribution in [3.63, 3.8) is 0 Å². The molecule has 0 N–H and O–H groups in total. The molecule has 2 unspecified atom stereocenters. The minimum atomic E-state index is -3.50. The predicted octanol–water partition coefficient (Wildman–Crippen LogP) is 11.2. The van der Waals surface area contributed by atoms with Gasteiger partial charge in [-0.15, -0.1) is 0 Å². The van der Waals surface area contributed by atoms with Crippen LogP contribution in [-0.4, -0.2) is 275 Å². The Labute approximate surface area is 644 Å². The number of likely N-dealkylation sites (N-methyl/N-ethyl adjacent to an activating group) is 2. The van der Waals surface area contributed by atoms with E-state index in [4.69, 9.17) is 117 Å². The number of halogens is 4. The van der Waals surface area contributed by atoms with Gasteiger partial charge in [-0.05, 0) is 136 Å². The van der Waals surface area contributed by atoms with Gasteiger partial charge in [-0.25, -0.2) is 16.8 Å². The summed E-state index contributed by atoms with van der Waals surface area (Å²) in [5.41, 5.74) is 5.95. The molecule has 0 aliphatic carbocycles. The highest BCUT2D eigenvalue weighted by Crippen LogP contribution is 2.41. The number of ketones is 2. The molecule has 29 heteroatoms. The number of hydrogen-bond donors (Lipinski definition) is 0. The molecule has 0 fully saturated rings. The van der Waals surface area contributed by atoms with E-state index in [1.807, 2.05) is 52.2 Å². The van der Waals surface area contributed by atoms with Crippen LogP contribution in [0.15, 0.2) is 82.6 Å². The summed E-state index contributed by atoms with van der Waals surface area (Å²) in [7, 11) is -2.94. The van der Waals surface area contributed by atoms with E-state index in [0.717, 1.165) is 46.5 Å². The van der Waals surface area contributed by atoms with Crippen molar-refractivity contribution in [1.29, 1.82) is 0 Å². The van der Waals surface area contributed by atoms with Crippen molar-refractivity contribution in [3.05, 3.63) is 126 Å². The number of fused-ring (bicyclic) bond motifs is 2. The van der Waals surface area contributed by atoms with Crippen molar-refractivity contribution in [1.82, 2.24) is 9.80 Å². The lowest BCUT2D eigenvalue weighted by molar-refractivity contribution is -0.121. The van der Waals surface area contributed by atoms with Gasteiger partial charge in [0.2, 0.25) is 0 Å². The number of hydrogen-bond acceptors (Lipinski definition) is 23. The second-order valence-corrected chi connectivity index (χ2v) is 30.9. The van der Waals surface area contributed by atoms with E-state index in [2.05, 4.69) is 9.80 Å². The summed E-state index contributed by atoms with van der Waals surface area (Å²) >= 11 is 25.7. The van der Waals surface area contributed by atoms with Crippen LogP contribution < -0.4 is 0 Å². The average molecular weight is 1600 g/mol. The zero-order valence-electron chi connectivity index (χ0n) is 62.0. The number of sulfone groups is 2. The van der Waals surface area contributed by atoms with Crippen molar-refractivity contribution in [2.45, 2.75) is 99.9 Å². The van der Waals surface area contributed by atoms with Gasteiger partial charge in [-0.3, -0.25) is 9.59 Å². The zero-order valence-corrected chi connectivity index (χ0v) is 66.6. The lowest BCUT2D eigenvalue weighted by Crippen LogP contribution is -2.31. The Kier molecular flexibility index (Phi) is 49.1. The van der Waals surface area contributed by atoms with E-state index >= 15 is 0 Å². The van der Waals surface area contributed by atoms with Crippen LogP contribution >= 0.6 is 46.4 Å². The third-order valence-electron chi connectivity index (χ3n) is 16.7. The van der Waals surface area contributed by atoms with Gasteiger partial charge in [0.15, 0.2) is 19.7 Å². The minimum absolute atomic E-state index is 0.0129. The fourth-order valence-corrected chi connectivity index (χ4v) is 15.1. The molecule has 0 saturated heterocycles. The van der Waals surface area contributed by atoms with E-state index < -0.39 is 19.7 Å². The molecular weight excluding hydrogens is 1480 g/mol. The van der Waals surface area contributed by atoms with Crippen LogP contribution in [0.1, 0.15) is 110 Å². The zero-order chi connectivity index (χ0) is 75.6. The summed E-state index contributed by atoms with van der Waals surface area (Å²) in [4.78, 5) is 29.0. The van der Waals surface area contributed by atoms with Gasteiger partial charge >= 0.3 is 0 Å². The van der Waals surface area contributed by atoms with E-state index in [1.54, 1.807) is 48.5 Å². The third-order valence-corrected chi connectivity index (χ3v) is 21.4. The third kappa shape index (κ3) is 39.4. The monoisotopic (exact) mass is 1590 g/mol. The lowest BCUT2D eigenvalue weighted by Gasteiger charge is -2.33. The summed E-state index contributed by atoms with van der Waals surface area (Å²) in [6.45, 7) is 20.8. The van der Waals surface area contributed by atoms with Gasteiger partial charge in [0.1, 0.15) is 11.6 Å². The maximum absolute atomic E-state index is 13.2. The first-order valence-electron chi connectivity index (χ1n) is 36.6. The molecule has 4 aromatic rings. The fourth-order valence-electron chi connectivity index (χ4n) is 11.3. The quantitative estimate of drug-likeness (QED) is 0.0373. The Morgan fingerprint density at radius 1 is 0.362 bits per heavy atom. The molecule has 0 amide bonds. The van der Waals surface area contributed by atoms with Gasteiger partial charge in [0.25, 0.3) is 0 Å². The Morgan fingerprint density at radius 2 is 0.638 bits per heavy atom. The van der Waals surface area contributed by atoms with Crippen molar-refractivity contribution < 1.29 is 97.5 Å². The second-order valence-electron chi connectivity index (χ2n) is 25.0. The minimum Gasteiger partial charge on any atom is -0.379 e. The van der Waals surface area contributed by atoms with Crippen LogP contribution in [0.5, 0.6) is 0 Å². The van der Waals surface area contributed by atoms with Gasteiger partial charge in [0, 0.05) is 123 Å². The van der Waals surface area contributed by atoms with Crippen molar-refractivity contribution in [2.24, 2.45) is 0 Å². The molecule has 0 bridgehead atoms. The smallest absolute Gasteiger partial charge is 0.178 e. The summed E-state index contributed by atoms with van der Waals surface area (Å²) < 4.78 is 134. The maximum Gasteiger partial charge on any atom is 0.178 e. The molecular formula is C76H114Cl4N2O21S2. The Bertz CT molecular complexity index is 3270. The van der Waals surface area contributed by atoms with Crippen LogP contribution in [0, 0.1) is 0 Å². The molecule has 6 rings (SSSR count). The van der Waals surface area contributed by atoms with Crippen molar-refractivity contribution >= 4 is 77.6 Å². The average Bonchev–Trinajstić information content (AvgIpc) is 0.780. The summed E-state index contributed by atoms with van der Waals surface area (Å²) in [5, 5.41) is 2.39. The molecule has 2 aliphatic heterocycles. The largest absolute Gasteiger partial charge is 0.379 e. The van der Waals surface area contributed by atoms with Crippen LogP contribution in [0.25, 0.3) is 0 Å². The Hall–Kier alpha value is -3.40. The molecule has 2 aliphatic rings.